The molecule has 4 aromatic rings. The van der Waals surface area contributed by atoms with E-state index in [1.807, 2.05) is 78.2 Å². The Bertz CT molecular complexity index is 1140. The van der Waals surface area contributed by atoms with Crippen LogP contribution in [0.4, 0.5) is 0 Å². The van der Waals surface area contributed by atoms with Crippen molar-refractivity contribution in [3.05, 3.63) is 95.0 Å². The first-order chi connectivity index (χ1) is 14.1. The zero-order valence-electron chi connectivity index (χ0n) is 16.0. The molecular formula is C23H21ClN4O. The van der Waals surface area contributed by atoms with Crippen molar-refractivity contribution in [2.45, 2.75) is 25.9 Å². The average Bonchev–Trinajstić information content (AvgIpc) is 3.10. The van der Waals surface area contributed by atoms with E-state index >= 15 is 0 Å². The van der Waals surface area contributed by atoms with Crippen LogP contribution in [-0.4, -0.2) is 20.4 Å². The third-order valence-corrected chi connectivity index (χ3v) is 5.09. The summed E-state index contributed by atoms with van der Waals surface area (Å²) in [5.74, 6) is 0.750. The van der Waals surface area contributed by atoms with Gasteiger partial charge in [0.05, 0.1) is 23.3 Å². The predicted octanol–water partition coefficient (Wildman–Crippen LogP) is 4.55. The summed E-state index contributed by atoms with van der Waals surface area (Å²) in [6, 6.07) is 20.8. The lowest BCUT2D eigenvalue weighted by Crippen LogP contribution is -2.31. The maximum Gasteiger partial charge on any atom is 0.243 e. The molecule has 2 heterocycles. The highest BCUT2D eigenvalue weighted by Gasteiger charge is 2.21. The van der Waals surface area contributed by atoms with Gasteiger partial charge in [0.1, 0.15) is 11.9 Å². The molecular weight excluding hydrogens is 384 g/mol. The van der Waals surface area contributed by atoms with Crippen LogP contribution in [0.2, 0.25) is 5.02 Å². The fourth-order valence-corrected chi connectivity index (χ4v) is 3.64. The molecule has 0 spiro atoms. The van der Waals surface area contributed by atoms with Crippen molar-refractivity contribution >= 4 is 28.5 Å². The summed E-state index contributed by atoms with van der Waals surface area (Å²) < 4.78 is 2.00. The number of nitrogens with one attached hydrogen (secondary N) is 1. The lowest BCUT2D eigenvalue weighted by atomic mass is 10.1. The number of aromatic nitrogens is 3. The van der Waals surface area contributed by atoms with Crippen LogP contribution in [0.25, 0.3) is 11.0 Å². The number of carbonyl (C=O) groups is 1. The third kappa shape index (κ3) is 4.30. The van der Waals surface area contributed by atoms with Gasteiger partial charge in [0.25, 0.3) is 0 Å². The number of carbonyl (C=O) groups excluding carboxylic acids is 1. The van der Waals surface area contributed by atoms with Crippen LogP contribution in [0.3, 0.4) is 0 Å². The standard InChI is InChI=1S/C23H21ClN4O/c1-16(23(29)26-15-19-9-4-5-12-25-19)28-21-11-3-2-10-20(21)27-22(28)14-17-7-6-8-18(24)13-17/h2-13,16H,14-15H2,1H3,(H,26,29)/t16-/m0/s1. The highest BCUT2D eigenvalue weighted by molar-refractivity contribution is 6.30. The molecule has 0 saturated heterocycles. The van der Waals surface area contributed by atoms with Gasteiger partial charge in [0.2, 0.25) is 5.91 Å². The molecule has 0 radical (unpaired) electrons. The molecule has 1 amide bonds. The van der Waals surface area contributed by atoms with Gasteiger partial charge in [-0.2, -0.15) is 0 Å². The maximum absolute atomic E-state index is 12.9. The highest BCUT2D eigenvalue weighted by atomic mass is 35.5. The number of hydrogen-bond donors (Lipinski definition) is 1. The van der Waals surface area contributed by atoms with Gasteiger partial charge in [-0.25, -0.2) is 4.98 Å². The molecule has 6 heteroatoms. The molecule has 0 fully saturated rings. The number of rotatable bonds is 6. The molecule has 1 atom stereocenters. The van der Waals surface area contributed by atoms with Crippen molar-refractivity contribution in [1.29, 1.82) is 0 Å². The van der Waals surface area contributed by atoms with E-state index < -0.39 is 6.04 Å². The monoisotopic (exact) mass is 404 g/mol. The summed E-state index contributed by atoms with van der Waals surface area (Å²) >= 11 is 6.14. The van der Waals surface area contributed by atoms with Gasteiger partial charge in [0.15, 0.2) is 0 Å². The summed E-state index contributed by atoms with van der Waals surface area (Å²) in [5, 5.41) is 3.67. The number of imidazole rings is 1. The molecule has 0 bridgehead atoms. The minimum atomic E-state index is -0.416. The zero-order valence-corrected chi connectivity index (χ0v) is 16.8. The minimum absolute atomic E-state index is 0.0776. The van der Waals surface area contributed by atoms with Gasteiger partial charge >= 0.3 is 0 Å². The molecule has 5 nitrogen and oxygen atoms in total. The van der Waals surface area contributed by atoms with E-state index in [1.165, 1.54) is 0 Å². The fraction of sp³-hybridized carbons (Fsp3) is 0.174. The molecule has 0 aliphatic heterocycles. The molecule has 1 N–H and O–H groups in total. The molecule has 4 rings (SSSR count). The van der Waals surface area contributed by atoms with Crippen LogP contribution in [0.5, 0.6) is 0 Å². The zero-order chi connectivity index (χ0) is 20.2. The quantitative estimate of drug-likeness (QED) is 0.512. The summed E-state index contributed by atoms with van der Waals surface area (Å²) in [6.45, 7) is 2.28. The number of fused-ring (bicyclic) bond motifs is 1. The largest absolute Gasteiger partial charge is 0.349 e. The first-order valence-corrected chi connectivity index (χ1v) is 9.87. The first kappa shape index (κ1) is 19.2. The van der Waals surface area contributed by atoms with Crippen LogP contribution in [-0.2, 0) is 17.8 Å². The van der Waals surface area contributed by atoms with Gasteiger partial charge in [-0.1, -0.05) is 41.9 Å². The Balaban J connectivity index is 1.63. The van der Waals surface area contributed by atoms with E-state index in [-0.39, 0.29) is 5.91 Å². The fourth-order valence-electron chi connectivity index (χ4n) is 3.43. The number of amides is 1. The first-order valence-electron chi connectivity index (χ1n) is 9.50. The molecule has 0 aliphatic rings. The van der Waals surface area contributed by atoms with E-state index in [2.05, 4.69) is 10.3 Å². The smallest absolute Gasteiger partial charge is 0.243 e. The number of benzene rings is 2. The second kappa shape index (κ2) is 8.45. The normalized spacial score (nSPS) is 12.1. The van der Waals surface area contributed by atoms with E-state index in [0.717, 1.165) is 28.1 Å². The van der Waals surface area contributed by atoms with Gasteiger partial charge in [-0.15, -0.1) is 0 Å². The van der Waals surface area contributed by atoms with Crippen LogP contribution >= 0.6 is 11.6 Å². The summed E-state index contributed by atoms with van der Waals surface area (Å²) in [6.07, 6.45) is 2.31. The Hall–Kier alpha value is -3.18. The molecule has 2 aromatic heterocycles. The van der Waals surface area contributed by atoms with Crippen LogP contribution in [0, 0.1) is 0 Å². The maximum atomic E-state index is 12.9. The van der Waals surface area contributed by atoms with Crippen molar-refractivity contribution in [2.75, 3.05) is 0 Å². The van der Waals surface area contributed by atoms with Crippen LogP contribution in [0.1, 0.15) is 30.0 Å². The molecule has 0 saturated carbocycles. The van der Waals surface area contributed by atoms with E-state index in [4.69, 9.17) is 16.6 Å². The van der Waals surface area contributed by atoms with Gasteiger partial charge in [-0.3, -0.25) is 9.78 Å². The van der Waals surface area contributed by atoms with Crippen LogP contribution < -0.4 is 5.32 Å². The third-order valence-electron chi connectivity index (χ3n) is 4.86. The lowest BCUT2D eigenvalue weighted by molar-refractivity contribution is -0.124. The van der Waals surface area contributed by atoms with Gasteiger partial charge in [-0.05, 0) is 48.9 Å². The number of para-hydroxylation sites is 2. The average molecular weight is 405 g/mol. The Morgan fingerprint density at radius 3 is 2.72 bits per heavy atom. The number of pyridine rings is 1. The predicted molar refractivity (Wildman–Crippen MR) is 115 cm³/mol. The summed E-state index contributed by atoms with van der Waals surface area (Å²) in [5.41, 5.74) is 3.68. The van der Waals surface area contributed by atoms with Crippen molar-refractivity contribution in [3.63, 3.8) is 0 Å². The summed E-state index contributed by atoms with van der Waals surface area (Å²) in [4.78, 5) is 22.0. The topological polar surface area (TPSA) is 59.8 Å². The molecule has 0 aliphatic carbocycles. The second-order valence-corrected chi connectivity index (χ2v) is 7.34. The van der Waals surface area contributed by atoms with E-state index in [9.17, 15) is 4.79 Å². The molecule has 29 heavy (non-hydrogen) atoms. The number of nitrogens with zero attached hydrogens (tertiary/aromatic N) is 3. The van der Waals surface area contributed by atoms with Crippen molar-refractivity contribution in [2.24, 2.45) is 0 Å². The Labute approximate surface area is 174 Å². The number of halogens is 1. The molecule has 146 valence electrons. The van der Waals surface area contributed by atoms with Crippen molar-refractivity contribution in [1.82, 2.24) is 19.9 Å². The second-order valence-electron chi connectivity index (χ2n) is 6.91. The minimum Gasteiger partial charge on any atom is -0.349 e. The SMILES string of the molecule is C[C@@H](C(=O)NCc1ccccn1)n1c(Cc2cccc(Cl)c2)nc2ccccc21. The van der Waals surface area contributed by atoms with Crippen LogP contribution in [0.15, 0.2) is 72.9 Å². The van der Waals surface area contributed by atoms with E-state index in [1.54, 1.807) is 6.20 Å². The Morgan fingerprint density at radius 2 is 1.93 bits per heavy atom. The molecule has 0 unspecified atom stereocenters. The lowest BCUT2D eigenvalue weighted by Gasteiger charge is -2.17. The Morgan fingerprint density at radius 1 is 1.10 bits per heavy atom. The highest BCUT2D eigenvalue weighted by Crippen LogP contribution is 2.24. The molecule has 2 aromatic carbocycles. The number of hydrogen-bond acceptors (Lipinski definition) is 3. The van der Waals surface area contributed by atoms with Crippen molar-refractivity contribution in [3.8, 4) is 0 Å². The Kier molecular flexibility index (Phi) is 5.58. The van der Waals surface area contributed by atoms with E-state index in [0.29, 0.717) is 18.0 Å². The van der Waals surface area contributed by atoms with Crippen molar-refractivity contribution < 1.29 is 4.79 Å². The summed E-state index contributed by atoms with van der Waals surface area (Å²) in [7, 11) is 0. The van der Waals surface area contributed by atoms with Gasteiger partial charge in [0, 0.05) is 17.6 Å². The van der Waals surface area contributed by atoms with Gasteiger partial charge < -0.3 is 9.88 Å².